The Kier molecular flexibility index (Phi) is 4.17. The molecule has 0 saturated heterocycles. The zero-order chi connectivity index (χ0) is 18.1. The molecule has 0 amide bonds. The second-order valence-corrected chi connectivity index (χ2v) is 6.33. The van der Waals surface area contributed by atoms with Crippen molar-refractivity contribution < 1.29 is 0 Å². The zero-order valence-corrected chi connectivity index (χ0v) is 14.5. The van der Waals surface area contributed by atoms with Gasteiger partial charge in [-0.05, 0) is 24.1 Å². The summed E-state index contributed by atoms with van der Waals surface area (Å²) in [6.45, 7) is 1.87. The van der Waals surface area contributed by atoms with Gasteiger partial charge >= 0.3 is 0 Å². The van der Waals surface area contributed by atoms with E-state index in [9.17, 15) is 4.79 Å². The lowest BCUT2D eigenvalue weighted by Gasteiger charge is -2.23. The number of aryl methyl sites for hydroxylation is 1. The summed E-state index contributed by atoms with van der Waals surface area (Å²) in [5, 5.41) is 0.535. The highest BCUT2D eigenvalue weighted by molar-refractivity contribution is 6.33. The molecular weight excluding hydrogens is 319 g/mol. The number of benzene rings is 3. The van der Waals surface area contributed by atoms with Crippen LogP contribution in [0.4, 0.5) is 0 Å². The lowest BCUT2D eigenvalue weighted by atomic mass is 9.94. The highest BCUT2D eigenvalue weighted by Gasteiger charge is 2.21. The third-order valence-corrected chi connectivity index (χ3v) is 4.59. The molecule has 1 heterocycles. The van der Waals surface area contributed by atoms with Crippen molar-refractivity contribution in [1.82, 2.24) is 9.55 Å². The van der Waals surface area contributed by atoms with E-state index in [2.05, 4.69) is 4.98 Å². The summed E-state index contributed by atoms with van der Waals surface area (Å²) in [5.41, 5.74) is 3.21. The molecule has 4 heteroatoms. The van der Waals surface area contributed by atoms with Crippen molar-refractivity contribution in [3.05, 3.63) is 106 Å². The Morgan fingerprint density at radius 2 is 1.46 bits per heavy atom. The minimum absolute atomic E-state index is 0.0856. The summed E-state index contributed by atoms with van der Waals surface area (Å²) >= 11 is 0. The Morgan fingerprint density at radius 3 is 2.04 bits per heavy atom. The molecule has 0 saturated carbocycles. The molecule has 0 aliphatic carbocycles. The molecule has 3 aromatic carbocycles. The van der Waals surface area contributed by atoms with Crippen molar-refractivity contribution in [2.45, 2.75) is 13.0 Å². The van der Waals surface area contributed by atoms with Gasteiger partial charge in [-0.1, -0.05) is 78.3 Å². The Hall–Kier alpha value is -3.14. The summed E-state index contributed by atoms with van der Waals surface area (Å²) in [7, 11) is 5.90. The van der Waals surface area contributed by atoms with Crippen LogP contribution in [0.15, 0.2) is 83.7 Å². The second kappa shape index (κ2) is 6.64. The molecule has 26 heavy (non-hydrogen) atoms. The monoisotopic (exact) mass is 336 g/mol. The van der Waals surface area contributed by atoms with Crippen LogP contribution in [0.25, 0.3) is 10.9 Å². The number of nitrogens with zero attached hydrogens (tertiary/aromatic N) is 2. The Balaban J connectivity index is 2.05. The van der Waals surface area contributed by atoms with E-state index in [1.54, 1.807) is 22.8 Å². The van der Waals surface area contributed by atoms with E-state index in [4.69, 9.17) is 7.85 Å². The molecule has 0 atom stereocenters. The fourth-order valence-corrected chi connectivity index (χ4v) is 3.39. The van der Waals surface area contributed by atoms with Gasteiger partial charge < -0.3 is 0 Å². The molecule has 3 nitrogen and oxygen atoms in total. The first-order chi connectivity index (χ1) is 12.6. The highest BCUT2D eigenvalue weighted by Crippen LogP contribution is 2.26. The molecule has 0 aliphatic heterocycles. The van der Waals surface area contributed by atoms with Crippen LogP contribution in [0, 0.1) is 6.92 Å². The van der Waals surface area contributed by atoms with E-state index >= 15 is 0 Å². The number of rotatable bonds is 3. The van der Waals surface area contributed by atoms with E-state index < -0.39 is 0 Å². The first kappa shape index (κ1) is 16.3. The van der Waals surface area contributed by atoms with Crippen molar-refractivity contribution in [3.8, 4) is 0 Å². The van der Waals surface area contributed by atoms with Crippen molar-refractivity contribution in [3.63, 3.8) is 0 Å². The maximum atomic E-state index is 13.4. The van der Waals surface area contributed by atoms with E-state index in [1.165, 1.54) is 0 Å². The maximum Gasteiger partial charge on any atom is 0.262 e. The van der Waals surface area contributed by atoms with Crippen LogP contribution in [0.1, 0.15) is 23.0 Å². The van der Waals surface area contributed by atoms with Crippen molar-refractivity contribution >= 4 is 24.2 Å². The molecular formula is C22H17BN2O. The lowest BCUT2D eigenvalue weighted by molar-refractivity contribution is 0.620. The molecule has 2 radical (unpaired) electrons. The maximum absolute atomic E-state index is 13.4. The summed E-state index contributed by atoms with van der Waals surface area (Å²) in [4.78, 5) is 18.0. The van der Waals surface area contributed by atoms with Gasteiger partial charge in [0.2, 0.25) is 0 Å². The molecule has 0 bridgehead atoms. The van der Waals surface area contributed by atoms with Crippen molar-refractivity contribution in [2.24, 2.45) is 0 Å². The number of hydrogen-bond acceptors (Lipinski definition) is 2. The lowest BCUT2D eigenvalue weighted by Crippen LogP contribution is -2.30. The van der Waals surface area contributed by atoms with Gasteiger partial charge in [0.25, 0.3) is 5.56 Å². The molecule has 1 aromatic heterocycles. The first-order valence-electron chi connectivity index (χ1n) is 8.53. The van der Waals surface area contributed by atoms with Crippen LogP contribution < -0.4 is 11.0 Å². The molecule has 0 fully saturated rings. The average molecular weight is 336 g/mol. The quantitative estimate of drug-likeness (QED) is 0.539. The van der Waals surface area contributed by atoms with E-state index in [1.807, 2.05) is 67.6 Å². The molecule has 0 spiro atoms. The first-order valence-corrected chi connectivity index (χ1v) is 8.53. The summed E-state index contributed by atoms with van der Waals surface area (Å²) in [6.07, 6.45) is 0. The topological polar surface area (TPSA) is 34.9 Å². The highest BCUT2D eigenvalue weighted by atomic mass is 16.1. The van der Waals surface area contributed by atoms with Gasteiger partial charge in [-0.25, -0.2) is 4.98 Å². The third kappa shape index (κ3) is 2.84. The summed E-state index contributed by atoms with van der Waals surface area (Å²) < 4.78 is 1.76. The Labute approximate surface area is 153 Å². The molecule has 4 aromatic rings. The van der Waals surface area contributed by atoms with Crippen LogP contribution in [0.2, 0.25) is 0 Å². The Morgan fingerprint density at radius 1 is 0.885 bits per heavy atom. The van der Waals surface area contributed by atoms with Gasteiger partial charge in [-0.2, -0.15) is 0 Å². The van der Waals surface area contributed by atoms with Gasteiger partial charge in [0.15, 0.2) is 0 Å². The van der Waals surface area contributed by atoms with E-state index in [-0.39, 0.29) is 11.6 Å². The van der Waals surface area contributed by atoms with E-state index in [0.717, 1.165) is 11.1 Å². The van der Waals surface area contributed by atoms with Crippen LogP contribution in [-0.2, 0) is 0 Å². The Bertz CT molecular complexity index is 1080. The average Bonchev–Trinajstić information content (AvgIpc) is 2.67. The van der Waals surface area contributed by atoms with Crippen molar-refractivity contribution in [1.29, 1.82) is 0 Å². The van der Waals surface area contributed by atoms with Gasteiger partial charge in [-0.15, -0.1) is 0 Å². The van der Waals surface area contributed by atoms with Crippen LogP contribution in [0.5, 0.6) is 0 Å². The van der Waals surface area contributed by atoms with Crippen molar-refractivity contribution in [2.75, 3.05) is 0 Å². The van der Waals surface area contributed by atoms with Gasteiger partial charge in [-0.3, -0.25) is 9.36 Å². The standard InChI is InChI=1S/C22H17BN2O/c1-15-24-20-13-12-18(23)14-19(20)22(26)25(15)21(16-8-4-2-5-9-16)17-10-6-3-7-11-17/h2-14,21H,1H3. The fraction of sp³-hybridized carbons (Fsp3) is 0.0909. The predicted octanol–water partition coefficient (Wildman–Crippen LogP) is 3.14. The molecule has 124 valence electrons. The smallest absolute Gasteiger partial charge is 0.262 e. The van der Waals surface area contributed by atoms with Crippen LogP contribution in [-0.4, -0.2) is 17.4 Å². The minimum atomic E-state index is -0.247. The summed E-state index contributed by atoms with van der Waals surface area (Å²) in [5.74, 6) is 0.671. The van der Waals surface area contributed by atoms with Gasteiger partial charge in [0, 0.05) is 0 Å². The predicted molar refractivity (Wildman–Crippen MR) is 106 cm³/mol. The fourth-order valence-electron chi connectivity index (χ4n) is 3.39. The number of hydrogen-bond donors (Lipinski definition) is 0. The number of fused-ring (bicyclic) bond motifs is 1. The van der Waals surface area contributed by atoms with Crippen LogP contribution >= 0.6 is 0 Å². The minimum Gasteiger partial charge on any atom is -0.285 e. The number of aromatic nitrogens is 2. The normalized spacial score (nSPS) is 11.2. The SMILES string of the molecule is [B]c1ccc2nc(C)n(C(c3ccccc3)c3ccccc3)c(=O)c2c1. The molecule has 4 rings (SSSR count). The van der Waals surface area contributed by atoms with Gasteiger partial charge in [0.1, 0.15) is 13.7 Å². The third-order valence-electron chi connectivity index (χ3n) is 4.59. The van der Waals surface area contributed by atoms with Crippen LogP contribution in [0.3, 0.4) is 0 Å². The summed E-state index contributed by atoms with van der Waals surface area (Å²) in [6, 6.07) is 25.0. The molecule has 0 unspecified atom stereocenters. The largest absolute Gasteiger partial charge is 0.285 e. The van der Waals surface area contributed by atoms with Gasteiger partial charge in [0.05, 0.1) is 16.9 Å². The zero-order valence-electron chi connectivity index (χ0n) is 14.5. The molecule has 0 aliphatic rings. The molecule has 0 N–H and O–H groups in total. The van der Waals surface area contributed by atoms with E-state index in [0.29, 0.717) is 22.2 Å². The second-order valence-electron chi connectivity index (χ2n) is 6.33.